The minimum atomic E-state index is 0.753. The minimum absolute atomic E-state index is 0.753. The third-order valence-corrected chi connectivity index (χ3v) is 5.47. The second kappa shape index (κ2) is 5.92. The summed E-state index contributed by atoms with van der Waals surface area (Å²) in [7, 11) is 0. The Morgan fingerprint density at radius 2 is 1.83 bits per heavy atom. The average Bonchev–Trinajstić information content (AvgIpc) is 3.23. The lowest BCUT2D eigenvalue weighted by Gasteiger charge is -2.40. The standard InChI is InChI=1S/C16H30N2/c1-13-11-17-16(15-7-8-15)12-18(13)10-9-14-5-3-2-4-6-14/h13-17H,2-12H2,1H3. The maximum Gasteiger partial charge on any atom is 0.0224 e. The van der Waals surface area contributed by atoms with E-state index in [4.69, 9.17) is 0 Å². The van der Waals surface area contributed by atoms with Gasteiger partial charge in [-0.1, -0.05) is 32.1 Å². The van der Waals surface area contributed by atoms with E-state index in [9.17, 15) is 0 Å². The van der Waals surface area contributed by atoms with Gasteiger partial charge in [-0.2, -0.15) is 0 Å². The van der Waals surface area contributed by atoms with E-state index in [1.807, 2.05) is 0 Å². The third-order valence-electron chi connectivity index (χ3n) is 5.47. The molecule has 1 heterocycles. The highest BCUT2D eigenvalue weighted by Crippen LogP contribution is 2.34. The topological polar surface area (TPSA) is 15.3 Å². The van der Waals surface area contributed by atoms with Crippen molar-refractivity contribution in [1.29, 1.82) is 0 Å². The Labute approximate surface area is 113 Å². The molecule has 2 aliphatic carbocycles. The van der Waals surface area contributed by atoms with Crippen LogP contribution in [0.1, 0.15) is 58.3 Å². The molecule has 2 unspecified atom stereocenters. The van der Waals surface area contributed by atoms with Crippen LogP contribution in [0.2, 0.25) is 0 Å². The fraction of sp³-hybridized carbons (Fsp3) is 1.00. The van der Waals surface area contributed by atoms with Crippen LogP contribution >= 0.6 is 0 Å². The Balaban J connectivity index is 1.44. The van der Waals surface area contributed by atoms with Gasteiger partial charge in [-0.05, 0) is 44.6 Å². The molecule has 3 fully saturated rings. The first-order valence-electron chi connectivity index (χ1n) is 8.30. The normalized spacial score (nSPS) is 35.8. The zero-order chi connectivity index (χ0) is 12.4. The molecule has 1 saturated heterocycles. The Hall–Kier alpha value is -0.0800. The predicted molar refractivity (Wildman–Crippen MR) is 76.7 cm³/mol. The summed E-state index contributed by atoms with van der Waals surface area (Å²) in [5.41, 5.74) is 0. The first-order valence-corrected chi connectivity index (χ1v) is 8.30. The van der Waals surface area contributed by atoms with Crippen LogP contribution in [-0.2, 0) is 0 Å². The number of hydrogen-bond donors (Lipinski definition) is 1. The Morgan fingerprint density at radius 1 is 1.06 bits per heavy atom. The molecule has 2 nitrogen and oxygen atoms in total. The molecule has 2 atom stereocenters. The Bertz CT molecular complexity index is 256. The van der Waals surface area contributed by atoms with Gasteiger partial charge < -0.3 is 5.32 Å². The van der Waals surface area contributed by atoms with Crippen molar-refractivity contribution in [2.45, 2.75) is 70.4 Å². The smallest absolute Gasteiger partial charge is 0.0224 e. The summed E-state index contributed by atoms with van der Waals surface area (Å²) in [6.45, 7) is 6.29. The molecular weight excluding hydrogens is 220 g/mol. The average molecular weight is 250 g/mol. The van der Waals surface area contributed by atoms with E-state index in [1.54, 1.807) is 0 Å². The number of rotatable bonds is 4. The highest BCUT2D eigenvalue weighted by atomic mass is 15.2. The van der Waals surface area contributed by atoms with Crippen molar-refractivity contribution >= 4 is 0 Å². The van der Waals surface area contributed by atoms with Crippen LogP contribution < -0.4 is 5.32 Å². The minimum Gasteiger partial charge on any atom is -0.311 e. The highest BCUT2D eigenvalue weighted by Gasteiger charge is 2.35. The molecular formula is C16H30N2. The van der Waals surface area contributed by atoms with Crippen LogP contribution in [0.3, 0.4) is 0 Å². The first-order chi connectivity index (χ1) is 8.83. The summed E-state index contributed by atoms with van der Waals surface area (Å²) in [6, 6.07) is 1.57. The molecule has 1 aliphatic heterocycles. The Kier molecular flexibility index (Phi) is 4.25. The lowest BCUT2D eigenvalue weighted by Crippen LogP contribution is -2.56. The van der Waals surface area contributed by atoms with E-state index in [2.05, 4.69) is 17.1 Å². The maximum absolute atomic E-state index is 3.76. The number of piperazine rings is 1. The van der Waals surface area contributed by atoms with Crippen molar-refractivity contribution in [3.05, 3.63) is 0 Å². The van der Waals surface area contributed by atoms with Crippen LogP contribution in [0, 0.1) is 11.8 Å². The fourth-order valence-electron chi connectivity index (χ4n) is 3.90. The lowest BCUT2D eigenvalue weighted by molar-refractivity contribution is 0.121. The third kappa shape index (κ3) is 3.27. The SMILES string of the molecule is CC1CNC(C2CC2)CN1CCC1CCCCC1. The molecule has 0 amide bonds. The molecule has 3 aliphatic rings. The van der Waals surface area contributed by atoms with Gasteiger partial charge in [0.15, 0.2) is 0 Å². The fourth-order valence-corrected chi connectivity index (χ4v) is 3.90. The van der Waals surface area contributed by atoms with Crippen LogP contribution in [0.4, 0.5) is 0 Å². The Morgan fingerprint density at radius 3 is 2.56 bits per heavy atom. The largest absolute Gasteiger partial charge is 0.311 e. The molecule has 2 saturated carbocycles. The van der Waals surface area contributed by atoms with Crippen molar-refractivity contribution in [2.24, 2.45) is 11.8 Å². The van der Waals surface area contributed by atoms with Gasteiger partial charge in [-0.25, -0.2) is 0 Å². The molecule has 0 bridgehead atoms. The molecule has 104 valence electrons. The number of nitrogens with one attached hydrogen (secondary N) is 1. The van der Waals surface area contributed by atoms with Gasteiger partial charge in [0, 0.05) is 25.2 Å². The summed E-state index contributed by atoms with van der Waals surface area (Å²) in [5.74, 6) is 2.05. The van der Waals surface area contributed by atoms with Crippen LogP contribution in [0.25, 0.3) is 0 Å². The van der Waals surface area contributed by atoms with Gasteiger partial charge in [-0.3, -0.25) is 4.90 Å². The van der Waals surface area contributed by atoms with Gasteiger partial charge in [0.25, 0.3) is 0 Å². The van der Waals surface area contributed by atoms with Crippen molar-refractivity contribution in [1.82, 2.24) is 10.2 Å². The molecule has 0 aromatic heterocycles. The summed E-state index contributed by atoms with van der Waals surface area (Å²) >= 11 is 0. The van der Waals surface area contributed by atoms with E-state index in [-0.39, 0.29) is 0 Å². The van der Waals surface area contributed by atoms with E-state index in [0.717, 1.165) is 23.9 Å². The van der Waals surface area contributed by atoms with Crippen molar-refractivity contribution < 1.29 is 0 Å². The zero-order valence-electron chi connectivity index (χ0n) is 12.0. The highest BCUT2D eigenvalue weighted by molar-refractivity contribution is 4.93. The summed E-state index contributed by atoms with van der Waals surface area (Å²) in [5, 5.41) is 3.76. The van der Waals surface area contributed by atoms with Crippen LogP contribution in [0.15, 0.2) is 0 Å². The number of hydrogen-bond acceptors (Lipinski definition) is 2. The van der Waals surface area contributed by atoms with Crippen molar-refractivity contribution in [2.75, 3.05) is 19.6 Å². The molecule has 2 heteroatoms. The summed E-state index contributed by atoms with van der Waals surface area (Å²) in [6.07, 6.45) is 11.9. The maximum atomic E-state index is 3.76. The predicted octanol–water partition coefficient (Wildman–Crippen LogP) is 3.03. The van der Waals surface area contributed by atoms with E-state index in [1.165, 1.54) is 71.0 Å². The summed E-state index contributed by atoms with van der Waals surface area (Å²) < 4.78 is 0. The molecule has 0 spiro atoms. The van der Waals surface area contributed by atoms with Crippen LogP contribution in [0.5, 0.6) is 0 Å². The van der Waals surface area contributed by atoms with Gasteiger partial charge >= 0.3 is 0 Å². The second-order valence-corrected chi connectivity index (χ2v) is 6.99. The first kappa shape index (κ1) is 12.9. The van der Waals surface area contributed by atoms with Gasteiger partial charge in [0.2, 0.25) is 0 Å². The van der Waals surface area contributed by atoms with Gasteiger partial charge in [0.1, 0.15) is 0 Å². The number of nitrogens with zero attached hydrogens (tertiary/aromatic N) is 1. The second-order valence-electron chi connectivity index (χ2n) is 6.99. The van der Waals surface area contributed by atoms with Crippen LogP contribution in [-0.4, -0.2) is 36.6 Å². The molecule has 3 rings (SSSR count). The molecule has 0 radical (unpaired) electrons. The monoisotopic (exact) mass is 250 g/mol. The van der Waals surface area contributed by atoms with E-state index >= 15 is 0 Å². The summed E-state index contributed by atoms with van der Waals surface area (Å²) in [4.78, 5) is 2.77. The quantitative estimate of drug-likeness (QED) is 0.825. The van der Waals surface area contributed by atoms with E-state index < -0.39 is 0 Å². The molecule has 0 aromatic carbocycles. The zero-order valence-corrected chi connectivity index (χ0v) is 12.0. The lowest BCUT2D eigenvalue weighted by atomic mass is 9.86. The molecule has 0 aromatic rings. The van der Waals surface area contributed by atoms with Gasteiger partial charge in [-0.15, -0.1) is 0 Å². The van der Waals surface area contributed by atoms with Crippen molar-refractivity contribution in [3.63, 3.8) is 0 Å². The van der Waals surface area contributed by atoms with Crippen molar-refractivity contribution in [3.8, 4) is 0 Å². The molecule has 1 N–H and O–H groups in total. The van der Waals surface area contributed by atoms with E-state index in [0.29, 0.717) is 0 Å². The molecule has 18 heavy (non-hydrogen) atoms. The van der Waals surface area contributed by atoms with Gasteiger partial charge in [0.05, 0.1) is 0 Å².